The lowest BCUT2D eigenvalue weighted by atomic mass is 10.3. The highest BCUT2D eigenvalue weighted by Gasteiger charge is 2.20. The highest BCUT2D eigenvalue weighted by atomic mass is 32.1. The summed E-state index contributed by atoms with van der Waals surface area (Å²) in [6.45, 7) is 6.29. The highest BCUT2D eigenvalue weighted by Crippen LogP contribution is 2.24. The van der Waals surface area contributed by atoms with E-state index >= 15 is 0 Å². The van der Waals surface area contributed by atoms with E-state index in [0.717, 1.165) is 63.9 Å². The van der Waals surface area contributed by atoms with Crippen LogP contribution in [0, 0.1) is 0 Å². The lowest BCUT2D eigenvalue weighted by molar-refractivity contribution is 0.0383. The van der Waals surface area contributed by atoms with Crippen LogP contribution in [0.25, 0.3) is 4.96 Å². The molecule has 9 nitrogen and oxygen atoms in total. The molecule has 0 aliphatic carbocycles. The molecule has 2 fully saturated rings. The van der Waals surface area contributed by atoms with Crippen molar-refractivity contribution in [3.63, 3.8) is 0 Å². The predicted molar refractivity (Wildman–Crippen MR) is 98.2 cm³/mol. The van der Waals surface area contributed by atoms with Crippen molar-refractivity contribution in [3.8, 4) is 0 Å². The smallest absolute Gasteiger partial charge is 0.288 e. The molecule has 2 aliphatic rings. The normalized spacial score (nSPS) is 18.5. The van der Waals surface area contributed by atoms with E-state index < -0.39 is 11.5 Å². The summed E-state index contributed by atoms with van der Waals surface area (Å²) in [4.78, 5) is 34.1. The van der Waals surface area contributed by atoms with Crippen molar-refractivity contribution < 1.29 is 9.53 Å². The van der Waals surface area contributed by atoms with Crippen LogP contribution in [0.1, 0.15) is 23.2 Å². The number of amides is 1. The van der Waals surface area contributed by atoms with Crippen molar-refractivity contribution in [1.29, 1.82) is 0 Å². The fourth-order valence-corrected chi connectivity index (χ4v) is 4.13. The van der Waals surface area contributed by atoms with Gasteiger partial charge in [-0.15, -0.1) is 5.10 Å². The monoisotopic (exact) mass is 378 g/mol. The van der Waals surface area contributed by atoms with Gasteiger partial charge in [0.25, 0.3) is 11.5 Å². The van der Waals surface area contributed by atoms with Gasteiger partial charge in [0, 0.05) is 45.5 Å². The number of nitrogens with zero attached hydrogens (tertiary/aromatic N) is 5. The van der Waals surface area contributed by atoms with Gasteiger partial charge in [0.15, 0.2) is 0 Å². The Labute approximate surface area is 154 Å². The second-order valence-corrected chi connectivity index (χ2v) is 7.39. The number of fused-ring (bicyclic) bond motifs is 1. The number of rotatable bonds is 5. The number of nitrogens with one attached hydrogen (secondary N) is 1. The van der Waals surface area contributed by atoms with Crippen molar-refractivity contribution >= 4 is 27.3 Å². The molecule has 10 heteroatoms. The molecule has 140 valence electrons. The van der Waals surface area contributed by atoms with Crippen molar-refractivity contribution in [2.24, 2.45) is 0 Å². The van der Waals surface area contributed by atoms with E-state index in [1.807, 2.05) is 0 Å². The van der Waals surface area contributed by atoms with Gasteiger partial charge < -0.3 is 15.0 Å². The Bertz CT molecular complexity index is 838. The van der Waals surface area contributed by atoms with Crippen molar-refractivity contribution in [1.82, 2.24) is 24.8 Å². The molecule has 2 saturated heterocycles. The fourth-order valence-electron chi connectivity index (χ4n) is 3.22. The highest BCUT2D eigenvalue weighted by molar-refractivity contribution is 7.20. The molecule has 0 aromatic carbocycles. The average Bonchev–Trinajstić information content (AvgIpc) is 3.32. The van der Waals surface area contributed by atoms with E-state index in [2.05, 4.69) is 25.2 Å². The zero-order chi connectivity index (χ0) is 17.9. The molecule has 26 heavy (non-hydrogen) atoms. The van der Waals surface area contributed by atoms with Crippen molar-refractivity contribution in [2.45, 2.75) is 12.8 Å². The molecule has 0 unspecified atom stereocenters. The van der Waals surface area contributed by atoms with Crippen LogP contribution in [0.3, 0.4) is 0 Å². The first-order valence-electron chi connectivity index (χ1n) is 8.94. The first-order chi connectivity index (χ1) is 12.7. The van der Waals surface area contributed by atoms with Gasteiger partial charge in [0.2, 0.25) is 10.1 Å². The number of anilines is 1. The van der Waals surface area contributed by atoms with Crippen LogP contribution in [-0.4, -0.2) is 77.9 Å². The molecule has 1 amide bonds. The number of carbonyl (C=O) groups is 1. The van der Waals surface area contributed by atoms with E-state index in [4.69, 9.17) is 4.74 Å². The average molecular weight is 378 g/mol. The summed E-state index contributed by atoms with van der Waals surface area (Å²) in [7, 11) is 0. The molecule has 0 bridgehead atoms. The summed E-state index contributed by atoms with van der Waals surface area (Å²) >= 11 is 1.38. The van der Waals surface area contributed by atoms with Gasteiger partial charge in [-0.1, -0.05) is 11.3 Å². The maximum Gasteiger partial charge on any atom is 0.288 e. The van der Waals surface area contributed by atoms with Gasteiger partial charge >= 0.3 is 0 Å². The number of morpholine rings is 1. The van der Waals surface area contributed by atoms with E-state index in [1.54, 1.807) is 0 Å². The van der Waals surface area contributed by atoms with Crippen LogP contribution >= 0.6 is 11.3 Å². The molecule has 4 heterocycles. The quantitative estimate of drug-likeness (QED) is 0.771. The third-order valence-electron chi connectivity index (χ3n) is 4.71. The van der Waals surface area contributed by atoms with Gasteiger partial charge in [0.05, 0.1) is 13.2 Å². The number of aromatic nitrogens is 3. The zero-order valence-corrected chi connectivity index (χ0v) is 15.3. The molecule has 2 aliphatic heterocycles. The molecular weight excluding hydrogens is 356 g/mol. The third kappa shape index (κ3) is 3.57. The zero-order valence-electron chi connectivity index (χ0n) is 14.5. The molecule has 2 aromatic rings. The summed E-state index contributed by atoms with van der Waals surface area (Å²) in [6.07, 6.45) is 3.62. The second kappa shape index (κ2) is 7.68. The van der Waals surface area contributed by atoms with Gasteiger partial charge in [-0.05, 0) is 12.8 Å². The molecule has 4 rings (SSSR count). The maximum absolute atomic E-state index is 12.6. The second-order valence-electron chi connectivity index (χ2n) is 6.46. The minimum Gasteiger partial charge on any atom is -0.379 e. The number of hydrogen-bond acceptors (Lipinski definition) is 8. The predicted octanol–water partition coefficient (Wildman–Crippen LogP) is -0.187. The van der Waals surface area contributed by atoms with Gasteiger partial charge in [-0.25, -0.2) is 4.98 Å². The summed E-state index contributed by atoms with van der Waals surface area (Å²) in [5, 5.41) is 7.97. The molecule has 0 atom stereocenters. The van der Waals surface area contributed by atoms with E-state index in [1.165, 1.54) is 22.0 Å². The Morgan fingerprint density at radius 3 is 2.77 bits per heavy atom. The number of carbonyl (C=O) groups excluding carboxylic acids is 1. The fraction of sp³-hybridized carbons (Fsp3) is 0.625. The van der Waals surface area contributed by atoms with Crippen molar-refractivity contribution in [3.05, 3.63) is 22.1 Å². The van der Waals surface area contributed by atoms with Crippen LogP contribution in [0.5, 0.6) is 0 Å². The Kier molecular flexibility index (Phi) is 5.14. The van der Waals surface area contributed by atoms with Gasteiger partial charge in [-0.3, -0.25) is 14.5 Å². The Hall–Kier alpha value is -2.04. The Morgan fingerprint density at radius 2 is 2.00 bits per heavy atom. The van der Waals surface area contributed by atoms with Crippen LogP contribution in [0.2, 0.25) is 0 Å². The van der Waals surface area contributed by atoms with Crippen LogP contribution in [0.15, 0.2) is 11.0 Å². The summed E-state index contributed by atoms with van der Waals surface area (Å²) in [6, 6.07) is 0. The largest absolute Gasteiger partial charge is 0.379 e. The molecule has 2 aromatic heterocycles. The molecular formula is C16H22N6O3S. The van der Waals surface area contributed by atoms with E-state index in [9.17, 15) is 9.59 Å². The first-order valence-corrected chi connectivity index (χ1v) is 9.76. The number of ether oxygens (including phenoxy) is 1. The molecule has 1 N–H and O–H groups in total. The summed E-state index contributed by atoms with van der Waals surface area (Å²) in [5.74, 6) is -0.402. The molecule has 0 saturated carbocycles. The maximum atomic E-state index is 12.6. The standard InChI is InChI=1S/C16H22N6O3S/c23-13(17-3-6-20-7-9-25-10-8-20)12-11-18-15-22(14(12)24)19-16(26-15)21-4-1-2-5-21/h11H,1-10H2,(H,17,23). The minimum absolute atomic E-state index is 0.0303. The van der Waals surface area contributed by atoms with E-state index in [-0.39, 0.29) is 5.56 Å². The van der Waals surface area contributed by atoms with Gasteiger partial charge in [0.1, 0.15) is 5.56 Å². The van der Waals surface area contributed by atoms with Crippen molar-refractivity contribution in [2.75, 3.05) is 57.4 Å². The minimum atomic E-state index is -0.416. The van der Waals surface area contributed by atoms with Gasteiger partial charge in [-0.2, -0.15) is 4.52 Å². The Morgan fingerprint density at radius 1 is 1.23 bits per heavy atom. The Balaban J connectivity index is 1.44. The summed E-state index contributed by atoms with van der Waals surface area (Å²) < 4.78 is 6.55. The first kappa shape index (κ1) is 17.4. The van der Waals surface area contributed by atoms with E-state index in [0.29, 0.717) is 11.5 Å². The summed E-state index contributed by atoms with van der Waals surface area (Å²) in [5.41, 5.74) is -0.386. The lowest BCUT2D eigenvalue weighted by Gasteiger charge is -2.26. The topological polar surface area (TPSA) is 92.1 Å². The third-order valence-corrected chi connectivity index (χ3v) is 5.70. The van der Waals surface area contributed by atoms with Crippen LogP contribution in [-0.2, 0) is 4.74 Å². The lowest BCUT2D eigenvalue weighted by Crippen LogP contribution is -2.42. The molecule has 0 radical (unpaired) electrons. The SMILES string of the molecule is O=C(NCCN1CCOCC1)c1cnc2sc(N3CCCC3)nn2c1=O. The van der Waals surface area contributed by atoms with Crippen LogP contribution < -0.4 is 15.8 Å². The number of hydrogen-bond donors (Lipinski definition) is 1. The van der Waals surface area contributed by atoms with Crippen LogP contribution in [0.4, 0.5) is 5.13 Å². The molecule has 0 spiro atoms.